The molecule has 4 rings (SSSR count). The topological polar surface area (TPSA) is 166 Å². The zero-order chi connectivity index (χ0) is 25.6. The van der Waals surface area contributed by atoms with E-state index >= 15 is 0 Å². The van der Waals surface area contributed by atoms with Crippen molar-refractivity contribution in [2.24, 2.45) is 5.14 Å². The fourth-order valence-electron chi connectivity index (χ4n) is 3.05. The van der Waals surface area contributed by atoms with Crippen molar-refractivity contribution >= 4 is 75.6 Å². The van der Waals surface area contributed by atoms with Gasteiger partial charge in [-0.1, -0.05) is 41.4 Å². The van der Waals surface area contributed by atoms with Gasteiger partial charge in [-0.2, -0.15) is 8.42 Å². The number of nitrogens with one attached hydrogen (secondary N) is 2. The predicted octanol–water partition coefficient (Wildman–Crippen LogP) is 3.99. The molecule has 0 aliphatic heterocycles. The largest absolute Gasteiger partial charge is 0.443 e. The van der Waals surface area contributed by atoms with Crippen LogP contribution in [0.2, 0.25) is 10.0 Å². The highest BCUT2D eigenvalue weighted by Crippen LogP contribution is 2.32. The monoisotopic (exact) mass is 575 g/mol. The number of hydrogen-bond donors (Lipinski definition) is 3. The van der Waals surface area contributed by atoms with E-state index in [1.165, 1.54) is 24.3 Å². The lowest BCUT2D eigenvalue weighted by Gasteiger charge is -2.15. The molecular formula is C20H15Cl2N3O7S3. The van der Waals surface area contributed by atoms with E-state index in [4.69, 9.17) is 32.8 Å². The van der Waals surface area contributed by atoms with Crippen molar-refractivity contribution in [3.63, 3.8) is 0 Å². The minimum Gasteiger partial charge on any atom is -0.443 e. The Kier molecular flexibility index (Phi) is 6.51. The summed E-state index contributed by atoms with van der Waals surface area (Å²) in [5.41, 5.74) is -0.0587. The highest BCUT2D eigenvalue weighted by atomic mass is 35.5. The van der Waals surface area contributed by atoms with Crippen LogP contribution in [0.3, 0.4) is 0 Å². The van der Waals surface area contributed by atoms with Crippen LogP contribution in [0.15, 0.2) is 86.0 Å². The molecule has 0 radical (unpaired) electrons. The third kappa shape index (κ3) is 5.39. The molecule has 4 aromatic rings. The summed E-state index contributed by atoms with van der Waals surface area (Å²) in [7, 11) is -13.0. The maximum Gasteiger partial charge on any atom is 0.295 e. The molecule has 35 heavy (non-hydrogen) atoms. The lowest BCUT2D eigenvalue weighted by atomic mass is 10.3. The Balaban J connectivity index is 1.71. The first kappa shape index (κ1) is 25.3. The van der Waals surface area contributed by atoms with Crippen molar-refractivity contribution < 1.29 is 29.7 Å². The van der Waals surface area contributed by atoms with Gasteiger partial charge in [0.25, 0.3) is 20.0 Å². The number of benzene rings is 3. The highest BCUT2D eigenvalue weighted by Gasteiger charge is 2.24. The minimum absolute atomic E-state index is 0.109. The van der Waals surface area contributed by atoms with Gasteiger partial charge in [0, 0.05) is 16.5 Å². The minimum atomic E-state index is -4.42. The summed E-state index contributed by atoms with van der Waals surface area (Å²) >= 11 is 11.8. The second kappa shape index (κ2) is 9.00. The van der Waals surface area contributed by atoms with Gasteiger partial charge in [-0.05, 0) is 42.5 Å². The summed E-state index contributed by atoms with van der Waals surface area (Å²) in [6.07, 6.45) is 0. The molecule has 0 atom stereocenters. The normalized spacial score (nSPS) is 12.5. The Morgan fingerprint density at radius 3 is 2.11 bits per heavy atom. The van der Waals surface area contributed by atoms with E-state index in [1.807, 2.05) is 0 Å². The number of anilines is 2. The lowest BCUT2D eigenvalue weighted by molar-refractivity contribution is 0.484. The van der Waals surface area contributed by atoms with Crippen molar-refractivity contribution in [2.75, 3.05) is 9.44 Å². The van der Waals surface area contributed by atoms with Crippen LogP contribution in [0, 0.1) is 0 Å². The van der Waals surface area contributed by atoms with Crippen LogP contribution in [0.4, 0.5) is 11.4 Å². The van der Waals surface area contributed by atoms with Crippen molar-refractivity contribution in [3.8, 4) is 0 Å². The van der Waals surface area contributed by atoms with Crippen LogP contribution in [0.5, 0.6) is 0 Å². The van der Waals surface area contributed by atoms with E-state index in [2.05, 4.69) is 9.44 Å². The standard InChI is InChI=1S/C20H15Cl2N3O7S3/c21-13-5-8-16(24-34(28,29)14-6-7-15(22)19(11-14)33(23,26)27)17(10-13)25-35(30,31)20-9-12-3-1-2-4-18(12)32-20/h1-11,24-25H,(H2,23,26,27). The van der Waals surface area contributed by atoms with Gasteiger partial charge in [0.1, 0.15) is 10.5 Å². The third-order valence-corrected chi connectivity index (χ3v) is 8.87. The molecule has 10 nitrogen and oxygen atoms in total. The SMILES string of the molecule is NS(=O)(=O)c1cc(S(=O)(=O)Nc2ccc(Cl)cc2NS(=O)(=O)c2cc3ccccc3o2)ccc1Cl. The van der Waals surface area contributed by atoms with Gasteiger partial charge in [-0.15, -0.1) is 0 Å². The first-order valence-electron chi connectivity index (χ1n) is 9.42. The second-order valence-electron chi connectivity index (χ2n) is 7.14. The quantitative estimate of drug-likeness (QED) is 0.299. The highest BCUT2D eigenvalue weighted by molar-refractivity contribution is 7.93. The number of primary sulfonamides is 1. The molecule has 15 heteroatoms. The van der Waals surface area contributed by atoms with Gasteiger partial charge in [-0.25, -0.2) is 22.0 Å². The van der Waals surface area contributed by atoms with Crippen molar-refractivity contribution in [2.45, 2.75) is 14.9 Å². The first-order chi connectivity index (χ1) is 16.3. The molecular weight excluding hydrogens is 561 g/mol. The van der Waals surface area contributed by atoms with Crippen LogP contribution < -0.4 is 14.6 Å². The van der Waals surface area contributed by atoms with Gasteiger partial charge < -0.3 is 4.42 Å². The molecule has 4 N–H and O–H groups in total. The van der Waals surface area contributed by atoms with E-state index in [-0.39, 0.29) is 21.4 Å². The first-order valence-corrected chi connectivity index (χ1v) is 14.7. The Morgan fingerprint density at radius 1 is 0.743 bits per heavy atom. The van der Waals surface area contributed by atoms with Crippen LogP contribution >= 0.6 is 23.2 Å². The van der Waals surface area contributed by atoms with Gasteiger partial charge >= 0.3 is 0 Å². The van der Waals surface area contributed by atoms with Crippen LogP contribution in [-0.4, -0.2) is 25.3 Å². The van der Waals surface area contributed by atoms with Crippen LogP contribution in [0.1, 0.15) is 0 Å². The maximum atomic E-state index is 13.0. The molecule has 0 aliphatic rings. The van der Waals surface area contributed by atoms with Gasteiger partial charge in [0.15, 0.2) is 0 Å². The van der Waals surface area contributed by atoms with E-state index in [1.54, 1.807) is 24.3 Å². The number of sulfonamides is 3. The Bertz CT molecular complexity index is 1750. The molecule has 0 bridgehead atoms. The molecule has 184 valence electrons. The van der Waals surface area contributed by atoms with Gasteiger partial charge in [0.2, 0.25) is 15.1 Å². The van der Waals surface area contributed by atoms with E-state index in [0.29, 0.717) is 11.0 Å². The number of rotatable bonds is 7. The molecule has 0 saturated carbocycles. The number of furan rings is 1. The van der Waals surface area contributed by atoms with E-state index in [0.717, 1.165) is 18.2 Å². The zero-order valence-electron chi connectivity index (χ0n) is 17.3. The summed E-state index contributed by atoms with van der Waals surface area (Å²) in [5.74, 6) is 0. The molecule has 0 unspecified atom stereocenters. The van der Waals surface area contributed by atoms with Gasteiger partial charge in [0.05, 0.1) is 21.3 Å². The van der Waals surface area contributed by atoms with E-state index < -0.39 is 45.0 Å². The summed E-state index contributed by atoms with van der Waals surface area (Å²) in [6.45, 7) is 0. The van der Waals surface area contributed by atoms with Gasteiger partial charge in [-0.3, -0.25) is 9.44 Å². The Morgan fingerprint density at radius 2 is 1.43 bits per heavy atom. The fourth-order valence-corrected chi connectivity index (χ4v) is 6.51. The summed E-state index contributed by atoms with van der Waals surface area (Å²) < 4.78 is 85.1. The zero-order valence-corrected chi connectivity index (χ0v) is 21.2. The van der Waals surface area contributed by atoms with E-state index in [9.17, 15) is 25.3 Å². The molecule has 0 fully saturated rings. The number of fused-ring (bicyclic) bond motifs is 1. The summed E-state index contributed by atoms with van der Waals surface area (Å²) in [5, 5.41) is 5.08. The average molecular weight is 576 g/mol. The van der Waals surface area contributed by atoms with Crippen LogP contribution in [-0.2, 0) is 30.1 Å². The molecule has 0 spiro atoms. The summed E-state index contributed by atoms with van der Waals surface area (Å²) in [4.78, 5) is -1.07. The average Bonchev–Trinajstić information content (AvgIpc) is 3.20. The molecule has 1 aromatic heterocycles. The molecule has 0 amide bonds. The Hall–Kier alpha value is -2.81. The lowest BCUT2D eigenvalue weighted by Crippen LogP contribution is -2.18. The number of hydrogen-bond acceptors (Lipinski definition) is 7. The third-order valence-electron chi connectivity index (χ3n) is 4.66. The van der Waals surface area contributed by atoms with Crippen LogP contribution in [0.25, 0.3) is 11.0 Å². The molecule has 1 heterocycles. The maximum absolute atomic E-state index is 13.0. The number of halogens is 2. The Labute approximate surface area is 210 Å². The van der Waals surface area contributed by atoms with Crippen molar-refractivity contribution in [3.05, 3.63) is 76.8 Å². The molecule has 3 aromatic carbocycles. The summed E-state index contributed by atoms with van der Waals surface area (Å²) in [6, 6.07) is 14.6. The number of para-hydroxylation sites is 1. The number of nitrogens with two attached hydrogens (primary N) is 1. The van der Waals surface area contributed by atoms with Crippen molar-refractivity contribution in [1.82, 2.24) is 0 Å². The predicted molar refractivity (Wildman–Crippen MR) is 132 cm³/mol. The second-order valence-corrected chi connectivity index (χ2v) is 12.8. The molecule has 0 aliphatic carbocycles. The van der Waals surface area contributed by atoms with Crippen molar-refractivity contribution in [1.29, 1.82) is 0 Å². The fraction of sp³-hybridized carbons (Fsp3) is 0. The molecule has 0 saturated heterocycles. The smallest absolute Gasteiger partial charge is 0.295 e.